The molecule has 204 valence electrons. The quantitative estimate of drug-likeness (QED) is 0.210. The van der Waals surface area contributed by atoms with E-state index in [4.69, 9.17) is 0 Å². The largest absolute Gasteiger partial charge is 0.383 e. The first-order valence-electron chi connectivity index (χ1n) is 14.1. The van der Waals surface area contributed by atoms with Crippen molar-refractivity contribution in [3.63, 3.8) is 0 Å². The second-order valence-corrected chi connectivity index (χ2v) is 8.38. The molecule has 0 bridgehead atoms. The summed E-state index contributed by atoms with van der Waals surface area (Å²) in [6.45, 7) is 14.3. The van der Waals surface area contributed by atoms with E-state index in [9.17, 15) is 0 Å². The van der Waals surface area contributed by atoms with Gasteiger partial charge in [-0.15, -0.1) is 12.1 Å². The molecule has 1 heterocycles. The second-order valence-electron chi connectivity index (χ2n) is 8.38. The van der Waals surface area contributed by atoms with Crippen molar-refractivity contribution < 1.29 is 65.4 Å². The van der Waals surface area contributed by atoms with Crippen molar-refractivity contribution in [3.05, 3.63) is 109 Å². The molecule has 2 nitrogen and oxygen atoms in total. The molecule has 0 atom stereocenters. The summed E-state index contributed by atoms with van der Waals surface area (Å²) in [5, 5.41) is 4.41. The third kappa shape index (κ3) is 8.99. The van der Waals surface area contributed by atoms with Crippen LogP contribution >= 0.6 is 0 Å². The van der Waals surface area contributed by atoms with E-state index >= 15 is 0 Å². The van der Waals surface area contributed by atoms with E-state index in [1.54, 1.807) is 0 Å². The number of fused-ring (bicyclic) bond motifs is 2. The topological polar surface area (TPSA) is 6.48 Å². The van der Waals surface area contributed by atoms with Crippen LogP contribution in [0.3, 0.4) is 0 Å². The second kappa shape index (κ2) is 20.8. The van der Waals surface area contributed by atoms with Gasteiger partial charge in [0.05, 0.1) is 0 Å². The fraction of sp³-hybridized carbons (Fsp3) is 0.294. The molecule has 4 aromatic carbocycles. The number of benzene rings is 4. The summed E-state index contributed by atoms with van der Waals surface area (Å²) in [6.07, 6.45) is 1.01. The van der Waals surface area contributed by atoms with Gasteiger partial charge in [-0.1, -0.05) is 66.3 Å². The molecule has 0 saturated carbocycles. The van der Waals surface area contributed by atoms with Crippen LogP contribution in [-0.2, 0) is 71.8 Å². The fourth-order valence-electron chi connectivity index (χ4n) is 4.80. The Morgan fingerprint density at radius 1 is 0.625 bits per heavy atom. The minimum Gasteiger partial charge on any atom is -0.383 e. The molecule has 5 rings (SSSR count). The van der Waals surface area contributed by atoms with Crippen molar-refractivity contribution in [2.24, 2.45) is 0 Å². The van der Waals surface area contributed by atoms with Crippen molar-refractivity contribution in [1.82, 2.24) is 5.01 Å². The molecular weight excluding hydrogens is 636 g/mol. The summed E-state index contributed by atoms with van der Waals surface area (Å²) in [5.74, 6) is 0. The molecule has 0 spiro atoms. The molecular formula is C34H42B2N2Y2-4. The molecule has 40 heavy (non-hydrogen) atoms. The van der Waals surface area contributed by atoms with Crippen LogP contribution in [0.5, 0.6) is 0 Å². The molecule has 0 aliphatic carbocycles. The summed E-state index contributed by atoms with van der Waals surface area (Å²) in [7, 11) is 4.17. The zero-order chi connectivity index (χ0) is 28.1. The average molecular weight is 678 g/mol. The summed E-state index contributed by atoms with van der Waals surface area (Å²) >= 11 is 0. The molecule has 6 heteroatoms. The van der Waals surface area contributed by atoms with Crippen LogP contribution in [0.2, 0.25) is 0 Å². The zero-order valence-corrected chi connectivity index (χ0v) is 31.6. The molecule has 0 amide bonds. The van der Waals surface area contributed by atoms with Gasteiger partial charge in [0.1, 0.15) is 13.2 Å². The first-order valence-corrected chi connectivity index (χ1v) is 14.1. The minimum absolute atomic E-state index is 0. The van der Waals surface area contributed by atoms with Gasteiger partial charge in [-0.3, -0.25) is 0 Å². The number of anilines is 2. The van der Waals surface area contributed by atoms with Crippen molar-refractivity contribution >= 4 is 46.4 Å². The van der Waals surface area contributed by atoms with E-state index in [1.807, 2.05) is 65.8 Å². The number of hydrazine groups is 1. The predicted octanol–water partition coefficient (Wildman–Crippen LogP) is 5.45. The molecule has 4 aromatic rings. The Labute approximate surface area is 296 Å². The van der Waals surface area contributed by atoms with Crippen molar-refractivity contribution in [2.45, 2.75) is 54.9 Å². The van der Waals surface area contributed by atoms with Gasteiger partial charge in [-0.05, 0) is 0 Å². The Balaban J connectivity index is 0.00000179. The van der Waals surface area contributed by atoms with E-state index in [-0.39, 0.29) is 78.6 Å². The number of aryl methyl sites for hydroxylation is 1. The van der Waals surface area contributed by atoms with E-state index in [0.29, 0.717) is 0 Å². The van der Waals surface area contributed by atoms with Gasteiger partial charge in [0.15, 0.2) is 0 Å². The maximum absolute atomic E-state index is 3.62. The summed E-state index contributed by atoms with van der Waals surface area (Å²) in [5.41, 5.74) is 8.20. The zero-order valence-electron chi connectivity index (χ0n) is 25.9. The summed E-state index contributed by atoms with van der Waals surface area (Å²) in [6, 6.07) is 41.8. The molecule has 0 aromatic heterocycles. The Bertz CT molecular complexity index is 1220. The monoisotopic (exact) mass is 678 g/mol. The SMILES string of the molecule is CC.CC.CC.CCc1c[c-]c(B2B(c3[c-]cccc3)c3[c-]cccc3N(N(C)C)c3ccc[c-]c32)cc1.[Y].[Y]. The van der Waals surface area contributed by atoms with Gasteiger partial charge < -0.3 is 5.01 Å². The Hall–Kier alpha value is -1.02. The molecule has 0 fully saturated rings. The first kappa shape index (κ1) is 39.0. The van der Waals surface area contributed by atoms with Crippen molar-refractivity contribution in [3.8, 4) is 0 Å². The molecule has 0 saturated heterocycles. The average Bonchev–Trinajstić information content (AvgIpc) is 3.13. The first-order chi connectivity index (χ1) is 18.7. The van der Waals surface area contributed by atoms with Crippen LogP contribution in [0.4, 0.5) is 11.4 Å². The van der Waals surface area contributed by atoms with Crippen molar-refractivity contribution in [2.75, 3.05) is 19.1 Å². The molecule has 1 aliphatic rings. The van der Waals surface area contributed by atoms with Gasteiger partial charge in [0.2, 0.25) is 0 Å². The van der Waals surface area contributed by atoms with Crippen LogP contribution in [-0.4, -0.2) is 32.3 Å². The van der Waals surface area contributed by atoms with Crippen LogP contribution in [0.1, 0.15) is 54.0 Å². The third-order valence-electron chi connectivity index (χ3n) is 6.25. The van der Waals surface area contributed by atoms with E-state index < -0.39 is 0 Å². The summed E-state index contributed by atoms with van der Waals surface area (Å²) < 4.78 is 0. The standard InChI is InChI=1S/C28H24B2N2.3C2H6.2Y/c1-4-22-18-20-24(21-19-22)30-26-15-9-11-17-28(26)32(31(2)3)27-16-10-8-14-25(27)29(30)23-12-6-5-7-13-23;3*1-2;;/h5-12,16-20H,4H2,1-3H3;3*1-2H3;;/q-4;;;;;. The molecule has 0 unspecified atom stereocenters. The van der Waals surface area contributed by atoms with Gasteiger partial charge in [-0.2, -0.15) is 118 Å². The van der Waals surface area contributed by atoms with E-state index in [1.165, 1.54) is 5.56 Å². The Morgan fingerprint density at radius 3 is 1.52 bits per heavy atom. The normalized spacial score (nSPS) is 10.9. The predicted molar refractivity (Wildman–Crippen MR) is 170 cm³/mol. The number of hydrogen-bond donors (Lipinski definition) is 0. The van der Waals surface area contributed by atoms with Crippen LogP contribution in [0.15, 0.2) is 78.9 Å². The van der Waals surface area contributed by atoms with E-state index in [2.05, 4.69) is 110 Å². The fourth-order valence-corrected chi connectivity index (χ4v) is 4.80. The maximum Gasteiger partial charge on any atom is 0.133 e. The Kier molecular flexibility index (Phi) is 20.3. The Morgan fingerprint density at radius 2 is 1.12 bits per heavy atom. The smallest absolute Gasteiger partial charge is 0.133 e. The maximum atomic E-state index is 3.62. The molecule has 1 aliphatic heterocycles. The van der Waals surface area contributed by atoms with Crippen LogP contribution in [0, 0.1) is 24.3 Å². The third-order valence-corrected chi connectivity index (χ3v) is 6.25. The van der Waals surface area contributed by atoms with Gasteiger partial charge >= 0.3 is 0 Å². The molecule has 2 radical (unpaired) electrons. The van der Waals surface area contributed by atoms with E-state index in [0.717, 1.165) is 39.6 Å². The van der Waals surface area contributed by atoms with Crippen molar-refractivity contribution in [1.29, 1.82) is 0 Å². The van der Waals surface area contributed by atoms with Gasteiger partial charge in [-0.25, -0.2) is 5.01 Å². The molecule has 0 N–H and O–H groups in total. The van der Waals surface area contributed by atoms with Gasteiger partial charge in [0, 0.05) is 79.5 Å². The summed E-state index contributed by atoms with van der Waals surface area (Å²) in [4.78, 5) is 0. The van der Waals surface area contributed by atoms with Crippen LogP contribution in [0.25, 0.3) is 0 Å². The van der Waals surface area contributed by atoms with Crippen LogP contribution < -0.4 is 26.9 Å². The minimum atomic E-state index is 0. The number of hydrogen-bond acceptors (Lipinski definition) is 2. The van der Waals surface area contributed by atoms with Gasteiger partial charge in [0.25, 0.3) is 0 Å². The number of nitrogens with zero attached hydrogens (tertiary/aromatic N) is 2. The number of rotatable bonds is 4.